The number of amides is 1. The van der Waals surface area contributed by atoms with Crippen LogP contribution in [0.3, 0.4) is 0 Å². The molecule has 0 aliphatic carbocycles. The summed E-state index contributed by atoms with van der Waals surface area (Å²) >= 11 is 5.92. The number of nitrogens with zero attached hydrogens (tertiary/aromatic N) is 3. The van der Waals surface area contributed by atoms with E-state index < -0.39 is 5.82 Å². The number of rotatable bonds is 8. The largest absolute Gasteiger partial charge is 0.486 e. The van der Waals surface area contributed by atoms with Gasteiger partial charge in [0.05, 0.1) is 28.9 Å². The van der Waals surface area contributed by atoms with Crippen LogP contribution in [0.15, 0.2) is 48.8 Å². The first-order valence-electron chi connectivity index (χ1n) is 11.2. The fourth-order valence-corrected chi connectivity index (χ4v) is 3.85. The second-order valence-corrected chi connectivity index (χ2v) is 9.02. The Hall–Kier alpha value is -3.27. The van der Waals surface area contributed by atoms with Gasteiger partial charge in [0.15, 0.2) is 0 Å². The molecule has 1 amide bonds. The average molecular weight is 500 g/mol. The summed E-state index contributed by atoms with van der Waals surface area (Å²) in [6, 6.07) is 7.83. The number of fused-ring (bicyclic) bond motifs is 1. The van der Waals surface area contributed by atoms with Crippen LogP contribution in [0.2, 0.25) is 5.02 Å². The molecule has 0 bridgehead atoms. The highest BCUT2D eigenvalue weighted by Crippen LogP contribution is 2.35. The maximum atomic E-state index is 13.6. The lowest BCUT2D eigenvalue weighted by Gasteiger charge is -2.18. The summed E-state index contributed by atoms with van der Waals surface area (Å²) in [5.74, 6) is 0.164. The highest BCUT2D eigenvalue weighted by atomic mass is 35.5. The molecule has 0 radical (unpaired) electrons. The van der Waals surface area contributed by atoms with Gasteiger partial charge in [0.25, 0.3) is 0 Å². The number of likely N-dealkylation sites (N-methyl/N-ethyl adjacent to an activating group) is 1. The van der Waals surface area contributed by atoms with Crippen molar-refractivity contribution in [1.29, 1.82) is 0 Å². The van der Waals surface area contributed by atoms with E-state index in [1.807, 2.05) is 25.9 Å². The normalized spacial score (nSPS) is 17.9. The van der Waals surface area contributed by atoms with Gasteiger partial charge in [-0.1, -0.05) is 17.7 Å². The molecule has 0 saturated carbocycles. The van der Waals surface area contributed by atoms with Crippen LogP contribution in [0.25, 0.3) is 10.9 Å². The van der Waals surface area contributed by atoms with Crippen molar-refractivity contribution in [3.63, 3.8) is 0 Å². The SMILES string of the molecule is CC1C[C@H](Oc2cc3ncnc(Nc4ccc(F)c(Cl)c4)c3cc2NC(=O)/C=C/CN(C)C)CO1. The molecule has 3 aromatic rings. The van der Waals surface area contributed by atoms with E-state index in [0.717, 1.165) is 6.42 Å². The summed E-state index contributed by atoms with van der Waals surface area (Å²) in [4.78, 5) is 23.3. The summed E-state index contributed by atoms with van der Waals surface area (Å²) in [5, 5.41) is 6.69. The van der Waals surface area contributed by atoms with Gasteiger partial charge >= 0.3 is 0 Å². The molecule has 4 rings (SSSR count). The Labute approximate surface area is 208 Å². The number of nitrogens with one attached hydrogen (secondary N) is 2. The first-order chi connectivity index (χ1) is 16.8. The number of benzene rings is 2. The Morgan fingerprint density at radius 2 is 2.14 bits per heavy atom. The zero-order chi connectivity index (χ0) is 24.9. The molecular weight excluding hydrogens is 473 g/mol. The lowest BCUT2D eigenvalue weighted by Crippen LogP contribution is -2.18. The van der Waals surface area contributed by atoms with Crippen molar-refractivity contribution in [2.24, 2.45) is 0 Å². The van der Waals surface area contributed by atoms with Crippen molar-refractivity contribution in [1.82, 2.24) is 14.9 Å². The minimum Gasteiger partial charge on any atom is -0.486 e. The molecule has 2 N–H and O–H groups in total. The number of aromatic nitrogens is 2. The van der Waals surface area contributed by atoms with Crippen LogP contribution in [-0.4, -0.2) is 60.2 Å². The second kappa shape index (κ2) is 11.0. The molecule has 2 aromatic carbocycles. The molecule has 8 nitrogen and oxygen atoms in total. The minimum atomic E-state index is -0.510. The third-order valence-electron chi connectivity index (χ3n) is 5.37. The van der Waals surface area contributed by atoms with E-state index >= 15 is 0 Å². The molecule has 2 heterocycles. The topological polar surface area (TPSA) is 88.6 Å². The Kier molecular flexibility index (Phi) is 7.80. The van der Waals surface area contributed by atoms with Gasteiger partial charge in [-0.3, -0.25) is 4.79 Å². The van der Waals surface area contributed by atoms with Crippen LogP contribution in [0.1, 0.15) is 13.3 Å². The van der Waals surface area contributed by atoms with Gasteiger partial charge in [-0.05, 0) is 45.3 Å². The predicted octanol–water partition coefficient (Wildman–Crippen LogP) is 4.78. The van der Waals surface area contributed by atoms with Crippen LogP contribution in [0, 0.1) is 5.82 Å². The van der Waals surface area contributed by atoms with Gasteiger partial charge in [-0.15, -0.1) is 0 Å². The van der Waals surface area contributed by atoms with Crippen LogP contribution in [0.5, 0.6) is 5.75 Å². The molecule has 1 saturated heterocycles. The van der Waals surface area contributed by atoms with Crippen molar-refractivity contribution in [2.45, 2.75) is 25.6 Å². The quantitative estimate of drug-likeness (QED) is 0.431. The van der Waals surface area contributed by atoms with Crippen molar-refractivity contribution < 1.29 is 18.7 Å². The molecule has 0 spiro atoms. The highest BCUT2D eigenvalue weighted by Gasteiger charge is 2.25. The number of hydrogen-bond donors (Lipinski definition) is 2. The number of ether oxygens (including phenoxy) is 2. The number of anilines is 3. The lowest BCUT2D eigenvalue weighted by molar-refractivity contribution is -0.111. The number of halogens is 2. The molecule has 1 unspecified atom stereocenters. The van der Waals surface area contributed by atoms with E-state index in [1.54, 1.807) is 24.3 Å². The standard InChI is InChI=1S/C25H27ClFN5O3/c1-15-9-17(13-34-15)35-23-12-21-18(11-22(23)31-24(33)5-4-8-32(2)3)25(29-14-28-21)30-16-6-7-20(27)19(26)10-16/h4-7,10-12,14-15,17H,8-9,13H2,1-3H3,(H,31,33)(H,28,29,30)/b5-4+/t15?,17-/m0/s1. The van der Waals surface area contributed by atoms with Crippen molar-refractivity contribution in [3.8, 4) is 5.75 Å². The summed E-state index contributed by atoms with van der Waals surface area (Å²) in [6.07, 6.45) is 5.39. The van der Waals surface area contributed by atoms with Gasteiger partial charge in [0.1, 0.15) is 29.8 Å². The number of carbonyl (C=O) groups excluding carboxylic acids is 1. The van der Waals surface area contributed by atoms with Crippen LogP contribution in [0.4, 0.5) is 21.6 Å². The predicted molar refractivity (Wildman–Crippen MR) is 135 cm³/mol. The second-order valence-electron chi connectivity index (χ2n) is 8.62. The molecule has 1 aromatic heterocycles. The van der Waals surface area contributed by atoms with Crippen LogP contribution >= 0.6 is 11.6 Å². The molecule has 1 aliphatic rings. The van der Waals surface area contributed by atoms with E-state index in [-0.39, 0.29) is 23.1 Å². The van der Waals surface area contributed by atoms with E-state index in [2.05, 4.69) is 20.6 Å². The lowest BCUT2D eigenvalue weighted by atomic mass is 10.1. The molecule has 1 aliphatic heterocycles. The number of carbonyl (C=O) groups is 1. The third kappa shape index (κ3) is 6.45. The Morgan fingerprint density at radius 3 is 2.86 bits per heavy atom. The average Bonchev–Trinajstić information content (AvgIpc) is 3.21. The van der Waals surface area contributed by atoms with Crippen LogP contribution < -0.4 is 15.4 Å². The third-order valence-corrected chi connectivity index (χ3v) is 5.66. The van der Waals surface area contributed by atoms with Gasteiger partial charge in [0, 0.05) is 36.2 Å². The van der Waals surface area contributed by atoms with Crippen molar-refractivity contribution in [2.75, 3.05) is 37.9 Å². The summed E-state index contributed by atoms with van der Waals surface area (Å²) in [5.41, 5.74) is 1.65. The minimum absolute atomic E-state index is 0.00507. The van der Waals surface area contributed by atoms with Crippen molar-refractivity contribution >= 4 is 45.6 Å². The zero-order valence-electron chi connectivity index (χ0n) is 19.7. The summed E-state index contributed by atoms with van der Waals surface area (Å²) < 4.78 is 25.4. The fraction of sp³-hybridized carbons (Fsp3) is 0.320. The molecular formula is C25H27ClFN5O3. The van der Waals surface area contributed by atoms with E-state index in [4.69, 9.17) is 21.1 Å². The Morgan fingerprint density at radius 1 is 1.31 bits per heavy atom. The summed E-state index contributed by atoms with van der Waals surface area (Å²) in [7, 11) is 3.84. The maximum absolute atomic E-state index is 13.6. The molecule has 35 heavy (non-hydrogen) atoms. The van der Waals surface area contributed by atoms with Crippen molar-refractivity contribution in [3.05, 3.63) is 59.7 Å². The van der Waals surface area contributed by atoms with Crippen LogP contribution in [-0.2, 0) is 9.53 Å². The first-order valence-corrected chi connectivity index (χ1v) is 11.6. The zero-order valence-corrected chi connectivity index (χ0v) is 20.5. The fourth-order valence-electron chi connectivity index (χ4n) is 3.67. The van der Waals surface area contributed by atoms with E-state index in [1.165, 1.54) is 24.5 Å². The first kappa shape index (κ1) is 24.8. The Balaban J connectivity index is 1.68. The monoisotopic (exact) mass is 499 g/mol. The van der Waals surface area contributed by atoms with E-state index in [9.17, 15) is 9.18 Å². The molecule has 184 valence electrons. The smallest absolute Gasteiger partial charge is 0.248 e. The number of hydrogen-bond acceptors (Lipinski definition) is 7. The van der Waals surface area contributed by atoms with Gasteiger partial charge in [-0.25, -0.2) is 14.4 Å². The highest BCUT2D eigenvalue weighted by molar-refractivity contribution is 6.31. The molecule has 1 fully saturated rings. The Bertz CT molecular complexity index is 1250. The van der Waals surface area contributed by atoms with Gasteiger partial charge in [-0.2, -0.15) is 0 Å². The molecule has 10 heteroatoms. The summed E-state index contributed by atoms with van der Waals surface area (Å²) in [6.45, 7) is 3.10. The van der Waals surface area contributed by atoms with Gasteiger partial charge in [0.2, 0.25) is 5.91 Å². The van der Waals surface area contributed by atoms with Gasteiger partial charge < -0.3 is 25.0 Å². The molecule has 2 atom stereocenters. The van der Waals surface area contributed by atoms with E-state index in [0.29, 0.717) is 47.0 Å². The maximum Gasteiger partial charge on any atom is 0.248 e.